The number of carbonyl (C=O) groups is 3. The minimum absolute atomic E-state index is 0.0614. The highest BCUT2D eigenvalue weighted by Crippen LogP contribution is 2.17. The zero-order chi connectivity index (χ0) is 22.1. The predicted molar refractivity (Wildman–Crippen MR) is 121 cm³/mol. The second kappa shape index (κ2) is 10.8. The summed E-state index contributed by atoms with van der Waals surface area (Å²) in [6, 6.07) is 15.9. The fraction of sp³-hybridized carbons (Fsp3) is 0.130. The predicted octanol–water partition coefficient (Wildman–Crippen LogP) is 4.15. The molecule has 0 aliphatic heterocycles. The largest absolute Gasteiger partial charge is 0.462 e. The van der Waals surface area contributed by atoms with Crippen LogP contribution in [0.4, 0.5) is 10.8 Å². The zero-order valence-electron chi connectivity index (χ0n) is 16.8. The first-order valence-corrected chi connectivity index (χ1v) is 10.5. The van der Waals surface area contributed by atoms with Crippen LogP contribution in [0.2, 0.25) is 0 Å². The normalized spacial score (nSPS) is 10.6. The summed E-state index contributed by atoms with van der Waals surface area (Å²) < 4.78 is 4.93. The van der Waals surface area contributed by atoms with Gasteiger partial charge >= 0.3 is 5.97 Å². The Morgan fingerprint density at radius 2 is 1.77 bits per heavy atom. The molecule has 0 bridgehead atoms. The van der Waals surface area contributed by atoms with Crippen LogP contribution in [0.15, 0.2) is 66.1 Å². The maximum Gasteiger partial charge on any atom is 0.338 e. The number of carbonyl (C=O) groups excluding carboxylic acids is 3. The SMILES string of the molecule is CCOC(=O)c1ccc(NC(=O)Cc2csc(NC(=O)/C=C/c3ccccc3)n2)cc1. The second-order valence-corrected chi connectivity index (χ2v) is 7.26. The van der Waals surface area contributed by atoms with E-state index >= 15 is 0 Å². The van der Waals surface area contributed by atoms with E-state index in [1.54, 1.807) is 42.6 Å². The summed E-state index contributed by atoms with van der Waals surface area (Å²) in [6.45, 7) is 2.04. The molecule has 0 fully saturated rings. The zero-order valence-corrected chi connectivity index (χ0v) is 17.6. The van der Waals surface area contributed by atoms with E-state index in [1.165, 1.54) is 17.4 Å². The first kappa shape index (κ1) is 21.9. The van der Waals surface area contributed by atoms with Gasteiger partial charge in [-0.3, -0.25) is 14.9 Å². The Hall–Kier alpha value is -3.78. The Labute approximate surface area is 183 Å². The van der Waals surface area contributed by atoms with Gasteiger partial charge in [0.05, 0.1) is 24.3 Å². The quantitative estimate of drug-likeness (QED) is 0.409. The lowest BCUT2D eigenvalue weighted by molar-refractivity contribution is -0.115. The molecular formula is C23H21N3O4S. The number of anilines is 2. The smallest absolute Gasteiger partial charge is 0.338 e. The van der Waals surface area contributed by atoms with Crippen LogP contribution in [-0.2, 0) is 20.7 Å². The van der Waals surface area contributed by atoms with Crippen molar-refractivity contribution in [2.75, 3.05) is 17.2 Å². The van der Waals surface area contributed by atoms with Crippen LogP contribution in [-0.4, -0.2) is 29.4 Å². The van der Waals surface area contributed by atoms with Gasteiger partial charge in [0.25, 0.3) is 0 Å². The van der Waals surface area contributed by atoms with Crippen molar-refractivity contribution in [3.63, 3.8) is 0 Å². The Morgan fingerprint density at radius 1 is 1.03 bits per heavy atom. The number of thiazole rings is 1. The summed E-state index contributed by atoms with van der Waals surface area (Å²) >= 11 is 1.25. The Kier molecular flexibility index (Phi) is 7.67. The van der Waals surface area contributed by atoms with E-state index < -0.39 is 5.97 Å². The van der Waals surface area contributed by atoms with Gasteiger partial charge in [-0.1, -0.05) is 30.3 Å². The summed E-state index contributed by atoms with van der Waals surface area (Å²) in [7, 11) is 0. The molecule has 7 nitrogen and oxygen atoms in total. The number of benzene rings is 2. The molecule has 2 amide bonds. The molecule has 3 rings (SSSR count). The van der Waals surface area contributed by atoms with E-state index in [2.05, 4.69) is 15.6 Å². The van der Waals surface area contributed by atoms with Gasteiger partial charge in [-0.25, -0.2) is 9.78 Å². The van der Waals surface area contributed by atoms with E-state index in [1.807, 2.05) is 30.3 Å². The van der Waals surface area contributed by atoms with Gasteiger partial charge in [-0.2, -0.15) is 0 Å². The van der Waals surface area contributed by atoms with Crippen molar-refractivity contribution in [1.29, 1.82) is 0 Å². The number of ether oxygens (including phenoxy) is 1. The Bertz CT molecular complexity index is 1080. The molecule has 0 saturated carbocycles. The van der Waals surface area contributed by atoms with Crippen LogP contribution in [0, 0.1) is 0 Å². The number of amides is 2. The van der Waals surface area contributed by atoms with Crippen molar-refractivity contribution in [1.82, 2.24) is 4.98 Å². The fourth-order valence-corrected chi connectivity index (χ4v) is 3.32. The molecule has 3 aromatic rings. The first-order chi connectivity index (χ1) is 15.0. The molecule has 0 aliphatic carbocycles. The average Bonchev–Trinajstić information content (AvgIpc) is 3.20. The first-order valence-electron chi connectivity index (χ1n) is 9.59. The molecule has 0 aliphatic rings. The summed E-state index contributed by atoms with van der Waals surface area (Å²) in [4.78, 5) is 40.2. The van der Waals surface area contributed by atoms with Crippen molar-refractivity contribution < 1.29 is 19.1 Å². The number of aromatic nitrogens is 1. The van der Waals surface area contributed by atoms with E-state index in [4.69, 9.17) is 4.74 Å². The minimum atomic E-state index is -0.406. The molecule has 1 heterocycles. The second-order valence-electron chi connectivity index (χ2n) is 6.40. The highest BCUT2D eigenvalue weighted by atomic mass is 32.1. The third kappa shape index (κ3) is 6.90. The number of nitrogens with zero attached hydrogens (tertiary/aromatic N) is 1. The molecule has 2 N–H and O–H groups in total. The van der Waals surface area contributed by atoms with E-state index in [-0.39, 0.29) is 18.2 Å². The highest BCUT2D eigenvalue weighted by molar-refractivity contribution is 7.14. The van der Waals surface area contributed by atoms with Crippen LogP contribution in [0.25, 0.3) is 6.08 Å². The molecule has 0 saturated heterocycles. The number of hydrogen-bond donors (Lipinski definition) is 2. The van der Waals surface area contributed by atoms with Gasteiger partial charge < -0.3 is 10.1 Å². The Morgan fingerprint density at radius 3 is 2.48 bits per heavy atom. The van der Waals surface area contributed by atoms with Crippen LogP contribution in [0.1, 0.15) is 28.5 Å². The third-order valence-electron chi connectivity index (χ3n) is 4.03. The standard InChI is InChI=1S/C23H21N3O4S/c1-2-30-22(29)17-9-11-18(12-10-17)24-21(28)14-19-15-31-23(25-19)26-20(27)13-8-16-6-4-3-5-7-16/h3-13,15H,2,14H2,1H3,(H,24,28)(H,25,26,27)/b13-8+. The van der Waals surface area contributed by atoms with E-state index in [0.29, 0.717) is 28.7 Å². The maximum absolute atomic E-state index is 12.3. The molecular weight excluding hydrogens is 414 g/mol. The molecule has 0 atom stereocenters. The van der Waals surface area contributed by atoms with E-state index in [9.17, 15) is 14.4 Å². The summed E-state index contributed by atoms with van der Waals surface area (Å²) in [5.74, 6) is -0.956. The topological polar surface area (TPSA) is 97.4 Å². The van der Waals surface area contributed by atoms with Crippen LogP contribution < -0.4 is 10.6 Å². The number of hydrogen-bond acceptors (Lipinski definition) is 6. The Balaban J connectivity index is 1.50. The van der Waals surface area contributed by atoms with Gasteiger partial charge in [0.15, 0.2) is 5.13 Å². The third-order valence-corrected chi connectivity index (χ3v) is 4.84. The molecule has 0 spiro atoms. The molecule has 158 valence electrons. The van der Waals surface area contributed by atoms with Crippen molar-refractivity contribution in [2.45, 2.75) is 13.3 Å². The lowest BCUT2D eigenvalue weighted by Gasteiger charge is -2.06. The molecule has 8 heteroatoms. The van der Waals surface area contributed by atoms with Crippen molar-refractivity contribution >= 4 is 46.0 Å². The molecule has 31 heavy (non-hydrogen) atoms. The molecule has 0 unspecified atom stereocenters. The van der Waals surface area contributed by atoms with Crippen molar-refractivity contribution in [3.05, 3.63) is 82.9 Å². The van der Waals surface area contributed by atoms with Crippen LogP contribution >= 0.6 is 11.3 Å². The number of nitrogens with one attached hydrogen (secondary N) is 2. The molecule has 2 aromatic carbocycles. The van der Waals surface area contributed by atoms with Gasteiger partial charge in [0.2, 0.25) is 11.8 Å². The van der Waals surface area contributed by atoms with Gasteiger partial charge in [0.1, 0.15) is 0 Å². The summed E-state index contributed by atoms with van der Waals surface area (Å²) in [5.41, 5.74) is 2.45. The van der Waals surface area contributed by atoms with Gasteiger partial charge in [-0.05, 0) is 42.8 Å². The number of rotatable bonds is 8. The monoisotopic (exact) mass is 435 g/mol. The number of esters is 1. The van der Waals surface area contributed by atoms with Crippen LogP contribution in [0.3, 0.4) is 0 Å². The van der Waals surface area contributed by atoms with Crippen molar-refractivity contribution in [2.24, 2.45) is 0 Å². The lowest BCUT2D eigenvalue weighted by atomic mass is 10.2. The van der Waals surface area contributed by atoms with Crippen LogP contribution in [0.5, 0.6) is 0 Å². The minimum Gasteiger partial charge on any atom is -0.462 e. The maximum atomic E-state index is 12.3. The average molecular weight is 436 g/mol. The lowest BCUT2D eigenvalue weighted by Crippen LogP contribution is -2.15. The van der Waals surface area contributed by atoms with E-state index in [0.717, 1.165) is 5.56 Å². The molecule has 1 aromatic heterocycles. The highest BCUT2D eigenvalue weighted by Gasteiger charge is 2.11. The summed E-state index contributed by atoms with van der Waals surface area (Å²) in [6.07, 6.45) is 3.21. The fourth-order valence-electron chi connectivity index (χ4n) is 2.60. The van der Waals surface area contributed by atoms with Gasteiger partial charge in [0, 0.05) is 17.1 Å². The summed E-state index contributed by atoms with van der Waals surface area (Å²) in [5, 5.41) is 7.58. The molecule has 0 radical (unpaired) electrons. The van der Waals surface area contributed by atoms with Gasteiger partial charge in [-0.15, -0.1) is 11.3 Å². The van der Waals surface area contributed by atoms with Crippen molar-refractivity contribution in [3.8, 4) is 0 Å².